The minimum atomic E-state index is -0.619. The summed E-state index contributed by atoms with van der Waals surface area (Å²) >= 11 is 0. The van der Waals surface area contributed by atoms with Crippen molar-refractivity contribution in [1.29, 1.82) is 0 Å². The monoisotopic (exact) mass is 293 g/mol. The van der Waals surface area contributed by atoms with Gasteiger partial charge in [0.2, 0.25) is 0 Å². The van der Waals surface area contributed by atoms with Gasteiger partial charge in [0.15, 0.2) is 0 Å². The fourth-order valence-corrected chi connectivity index (χ4v) is 2.02. The van der Waals surface area contributed by atoms with Gasteiger partial charge in [0.25, 0.3) is 0 Å². The second kappa shape index (κ2) is 5.91. The van der Waals surface area contributed by atoms with Crippen LogP contribution in [0, 0.1) is 6.92 Å². The maximum absolute atomic E-state index is 11.4. The molecule has 1 atom stereocenters. The Morgan fingerprint density at radius 1 is 1.29 bits per heavy atom. The molecule has 6 heteroatoms. The molecule has 1 aromatic carbocycles. The van der Waals surface area contributed by atoms with E-state index >= 15 is 0 Å². The minimum absolute atomic E-state index is 0.0516. The van der Waals surface area contributed by atoms with Crippen molar-refractivity contribution in [3.8, 4) is 5.75 Å². The van der Waals surface area contributed by atoms with E-state index in [0.717, 1.165) is 11.1 Å². The SMILES string of the molecule is Cc1ccc(OCC(O)CNC(C)(C)C)c2[nH]c(=O)[nH]c12. The number of aromatic nitrogens is 2. The maximum Gasteiger partial charge on any atom is 0.323 e. The molecule has 0 spiro atoms. The van der Waals surface area contributed by atoms with Gasteiger partial charge in [-0.25, -0.2) is 4.79 Å². The third kappa shape index (κ3) is 4.09. The molecule has 0 saturated heterocycles. The van der Waals surface area contributed by atoms with Crippen molar-refractivity contribution in [3.05, 3.63) is 28.2 Å². The lowest BCUT2D eigenvalue weighted by Gasteiger charge is -2.23. The number of aliphatic hydroxyl groups excluding tert-OH is 1. The molecule has 2 rings (SSSR count). The molecule has 0 amide bonds. The van der Waals surface area contributed by atoms with E-state index in [2.05, 4.69) is 15.3 Å². The van der Waals surface area contributed by atoms with Gasteiger partial charge in [-0.05, 0) is 39.3 Å². The van der Waals surface area contributed by atoms with Crippen LogP contribution in [0.15, 0.2) is 16.9 Å². The first kappa shape index (κ1) is 15.6. The van der Waals surface area contributed by atoms with Gasteiger partial charge in [-0.2, -0.15) is 0 Å². The number of aliphatic hydroxyl groups is 1. The Kier molecular flexibility index (Phi) is 4.39. The van der Waals surface area contributed by atoms with Crippen molar-refractivity contribution in [2.45, 2.75) is 39.3 Å². The van der Waals surface area contributed by atoms with Crippen LogP contribution in [0.1, 0.15) is 26.3 Å². The van der Waals surface area contributed by atoms with Gasteiger partial charge >= 0.3 is 5.69 Å². The number of nitrogens with one attached hydrogen (secondary N) is 3. The van der Waals surface area contributed by atoms with Gasteiger partial charge < -0.3 is 25.1 Å². The van der Waals surface area contributed by atoms with Crippen LogP contribution in [0.3, 0.4) is 0 Å². The molecule has 2 aromatic rings. The number of ether oxygens (including phenoxy) is 1. The van der Waals surface area contributed by atoms with Crippen LogP contribution in [0.4, 0.5) is 0 Å². The third-order valence-corrected chi connectivity index (χ3v) is 3.15. The van der Waals surface area contributed by atoms with Gasteiger partial charge in [0, 0.05) is 12.1 Å². The second-order valence-corrected chi connectivity index (χ2v) is 6.31. The first-order chi connectivity index (χ1) is 9.76. The molecule has 0 fully saturated rings. The Hall–Kier alpha value is -1.79. The number of β-amino-alcohol motifs (C(OH)–C–C–N with tert-alkyl or cyclic N) is 1. The van der Waals surface area contributed by atoms with Gasteiger partial charge in [0.05, 0.1) is 5.52 Å². The summed E-state index contributed by atoms with van der Waals surface area (Å²) < 4.78 is 5.63. The maximum atomic E-state index is 11.4. The summed E-state index contributed by atoms with van der Waals surface area (Å²) in [5.74, 6) is 0.559. The standard InChI is InChI=1S/C15H23N3O3/c1-9-5-6-11(13-12(9)17-14(20)18-13)21-8-10(19)7-16-15(2,3)4/h5-6,10,16,19H,7-8H2,1-4H3,(H2,17,18,20). The van der Waals surface area contributed by atoms with E-state index < -0.39 is 6.10 Å². The smallest absolute Gasteiger partial charge is 0.323 e. The van der Waals surface area contributed by atoms with Gasteiger partial charge in [-0.3, -0.25) is 0 Å². The molecule has 1 unspecified atom stereocenters. The van der Waals surface area contributed by atoms with Crippen LogP contribution >= 0.6 is 0 Å². The molecule has 6 nitrogen and oxygen atoms in total. The van der Waals surface area contributed by atoms with Crippen molar-refractivity contribution in [2.75, 3.05) is 13.2 Å². The summed E-state index contributed by atoms with van der Waals surface area (Å²) in [6, 6.07) is 3.67. The Balaban J connectivity index is 2.04. The molecule has 1 aromatic heterocycles. The Labute approximate surface area is 123 Å². The lowest BCUT2D eigenvalue weighted by atomic mass is 10.1. The molecule has 21 heavy (non-hydrogen) atoms. The van der Waals surface area contributed by atoms with Crippen LogP contribution in [-0.4, -0.2) is 39.9 Å². The van der Waals surface area contributed by atoms with Crippen LogP contribution in [0.5, 0.6) is 5.75 Å². The van der Waals surface area contributed by atoms with Crippen LogP contribution in [0.25, 0.3) is 11.0 Å². The molecule has 116 valence electrons. The number of imidazole rings is 1. The number of hydrogen-bond donors (Lipinski definition) is 4. The molecule has 0 radical (unpaired) electrons. The summed E-state index contributed by atoms with van der Waals surface area (Å²) in [7, 11) is 0. The largest absolute Gasteiger partial charge is 0.489 e. The summed E-state index contributed by atoms with van der Waals surface area (Å²) in [5.41, 5.74) is 2.02. The summed E-state index contributed by atoms with van der Waals surface area (Å²) in [6.07, 6.45) is -0.619. The van der Waals surface area contributed by atoms with Crippen molar-refractivity contribution in [1.82, 2.24) is 15.3 Å². The topological polar surface area (TPSA) is 90.1 Å². The van der Waals surface area contributed by atoms with Gasteiger partial charge in [-0.1, -0.05) is 6.07 Å². The summed E-state index contributed by atoms with van der Waals surface area (Å²) in [4.78, 5) is 16.9. The third-order valence-electron chi connectivity index (χ3n) is 3.15. The number of rotatable bonds is 5. The lowest BCUT2D eigenvalue weighted by molar-refractivity contribution is 0.101. The Morgan fingerprint density at radius 3 is 2.62 bits per heavy atom. The number of fused-ring (bicyclic) bond motifs is 1. The highest BCUT2D eigenvalue weighted by molar-refractivity contribution is 5.84. The van der Waals surface area contributed by atoms with Crippen molar-refractivity contribution >= 4 is 11.0 Å². The second-order valence-electron chi connectivity index (χ2n) is 6.31. The van der Waals surface area contributed by atoms with E-state index in [0.29, 0.717) is 17.8 Å². The molecule has 1 heterocycles. The van der Waals surface area contributed by atoms with Crippen molar-refractivity contribution in [2.24, 2.45) is 0 Å². The number of benzene rings is 1. The predicted molar refractivity (Wildman–Crippen MR) is 82.9 cm³/mol. The predicted octanol–water partition coefficient (Wildman–Crippen LogP) is 1.29. The molecule has 0 aliphatic rings. The summed E-state index contributed by atoms with van der Waals surface area (Å²) in [6.45, 7) is 8.63. The van der Waals surface area contributed by atoms with Crippen LogP contribution in [0.2, 0.25) is 0 Å². The number of H-pyrrole nitrogens is 2. The average Bonchev–Trinajstić information content (AvgIpc) is 2.77. The number of aromatic amines is 2. The van der Waals surface area contributed by atoms with E-state index in [-0.39, 0.29) is 17.8 Å². The van der Waals surface area contributed by atoms with Crippen LogP contribution < -0.4 is 15.7 Å². The van der Waals surface area contributed by atoms with Crippen molar-refractivity contribution in [3.63, 3.8) is 0 Å². The molecular weight excluding hydrogens is 270 g/mol. The van der Waals surface area contributed by atoms with Crippen molar-refractivity contribution < 1.29 is 9.84 Å². The molecule has 0 aliphatic carbocycles. The van der Waals surface area contributed by atoms with Gasteiger partial charge in [-0.15, -0.1) is 0 Å². The number of hydrogen-bond acceptors (Lipinski definition) is 4. The summed E-state index contributed by atoms with van der Waals surface area (Å²) in [5, 5.41) is 13.2. The highest BCUT2D eigenvalue weighted by Gasteiger charge is 2.14. The first-order valence-corrected chi connectivity index (χ1v) is 7.04. The van der Waals surface area contributed by atoms with E-state index in [1.165, 1.54) is 0 Å². The van der Waals surface area contributed by atoms with E-state index in [4.69, 9.17) is 4.74 Å². The Bertz CT molecular complexity index is 667. The molecule has 4 N–H and O–H groups in total. The minimum Gasteiger partial charge on any atom is -0.489 e. The molecule has 0 aliphatic heterocycles. The van der Waals surface area contributed by atoms with Crippen LogP contribution in [-0.2, 0) is 0 Å². The first-order valence-electron chi connectivity index (χ1n) is 7.04. The lowest BCUT2D eigenvalue weighted by Crippen LogP contribution is -2.42. The van der Waals surface area contributed by atoms with Gasteiger partial charge in [0.1, 0.15) is 24.0 Å². The highest BCUT2D eigenvalue weighted by atomic mass is 16.5. The zero-order valence-electron chi connectivity index (χ0n) is 12.9. The van der Waals surface area contributed by atoms with E-state index in [9.17, 15) is 9.90 Å². The molecular formula is C15H23N3O3. The molecule has 0 bridgehead atoms. The normalized spacial score (nSPS) is 13.6. The number of aryl methyl sites for hydroxylation is 1. The zero-order chi connectivity index (χ0) is 15.6. The van der Waals surface area contributed by atoms with E-state index in [1.54, 1.807) is 6.07 Å². The van der Waals surface area contributed by atoms with E-state index in [1.807, 2.05) is 33.8 Å². The average molecular weight is 293 g/mol. The quantitative estimate of drug-likeness (QED) is 0.669. The fourth-order valence-electron chi connectivity index (χ4n) is 2.02. The molecule has 0 saturated carbocycles. The fraction of sp³-hybridized carbons (Fsp3) is 0.533. The zero-order valence-corrected chi connectivity index (χ0v) is 12.9. The highest BCUT2D eigenvalue weighted by Crippen LogP contribution is 2.24. The Morgan fingerprint density at radius 2 is 1.95 bits per heavy atom.